The van der Waals surface area contributed by atoms with Gasteiger partial charge in [-0.3, -0.25) is 14.5 Å². The molecule has 1 aliphatic heterocycles. The van der Waals surface area contributed by atoms with Crippen molar-refractivity contribution in [3.8, 4) is 0 Å². The number of esters is 1. The third kappa shape index (κ3) is 4.22. The molecule has 1 saturated heterocycles. The molecule has 0 aromatic carbocycles. The second kappa shape index (κ2) is 8.61. The number of thiophene rings is 1. The van der Waals surface area contributed by atoms with E-state index in [0.29, 0.717) is 36.9 Å². The molecule has 0 bridgehead atoms. The van der Waals surface area contributed by atoms with E-state index in [4.69, 9.17) is 9.47 Å². The van der Waals surface area contributed by atoms with Crippen molar-refractivity contribution in [1.29, 1.82) is 0 Å². The monoisotopic (exact) mass is 381 g/mol. The minimum Gasteiger partial charge on any atom is -0.465 e. The molecule has 1 aromatic heterocycles. The molecule has 2 aliphatic rings. The molecule has 26 heavy (non-hydrogen) atoms. The van der Waals surface area contributed by atoms with Crippen LogP contribution < -0.4 is 10.6 Å². The summed E-state index contributed by atoms with van der Waals surface area (Å²) in [6.07, 6.45) is 2.66. The van der Waals surface area contributed by atoms with Crippen molar-refractivity contribution in [2.45, 2.75) is 19.3 Å². The van der Waals surface area contributed by atoms with E-state index in [1.54, 1.807) is 0 Å². The lowest BCUT2D eigenvalue weighted by Crippen LogP contribution is -2.43. The van der Waals surface area contributed by atoms with Gasteiger partial charge >= 0.3 is 17.8 Å². The van der Waals surface area contributed by atoms with E-state index >= 15 is 0 Å². The summed E-state index contributed by atoms with van der Waals surface area (Å²) < 4.78 is 10.1. The van der Waals surface area contributed by atoms with Gasteiger partial charge < -0.3 is 20.1 Å². The van der Waals surface area contributed by atoms with Gasteiger partial charge in [-0.2, -0.15) is 0 Å². The predicted molar refractivity (Wildman–Crippen MR) is 96.6 cm³/mol. The summed E-state index contributed by atoms with van der Waals surface area (Å²) in [6.45, 7) is 4.08. The van der Waals surface area contributed by atoms with E-state index in [9.17, 15) is 14.4 Å². The molecule has 2 N–H and O–H groups in total. The topological polar surface area (TPSA) is 97.0 Å². The van der Waals surface area contributed by atoms with Gasteiger partial charge in [-0.15, -0.1) is 11.3 Å². The summed E-state index contributed by atoms with van der Waals surface area (Å²) in [4.78, 5) is 39.5. The number of aryl methyl sites for hydroxylation is 1. The Morgan fingerprint density at radius 3 is 2.69 bits per heavy atom. The van der Waals surface area contributed by atoms with Crippen LogP contribution in [-0.2, 0) is 31.9 Å². The maximum Gasteiger partial charge on any atom is 0.341 e. The summed E-state index contributed by atoms with van der Waals surface area (Å²) in [5, 5.41) is 5.59. The van der Waals surface area contributed by atoms with E-state index < -0.39 is 17.8 Å². The van der Waals surface area contributed by atoms with Crippen LogP contribution in [0.3, 0.4) is 0 Å². The third-order valence-corrected chi connectivity index (χ3v) is 5.77. The van der Waals surface area contributed by atoms with Crippen LogP contribution in [0.5, 0.6) is 0 Å². The van der Waals surface area contributed by atoms with Gasteiger partial charge in [0.25, 0.3) is 0 Å². The van der Waals surface area contributed by atoms with Gasteiger partial charge in [0.2, 0.25) is 0 Å². The number of carbonyl (C=O) groups is 3. The van der Waals surface area contributed by atoms with Gasteiger partial charge in [-0.05, 0) is 24.8 Å². The van der Waals surface area contributed by atoms with Crippen molar-refractivity contribution in [2.24, 2.45) is 0 Å². The number of hydrogen-bond donors (Lipinski definition) is 2. The first kappa shape index (κ1) is 18.8. The van der Waals surface area contributed by atoms with E-state index in [2.05, 4.69) is 15.5 Å². The number of rotatable bonds is 5. The molecule has 1 aromatic rings. The second-order valence-electron chi connectivity index (χ2n) is 6.22. The molecule has 0 spiro atoms. The molecule has 2 amide bonds. The number of hydrogen-bond acceptors (Lipinski definition) is 7. The zero-order valence-electron chi connectivity index (χ0n) is 14.8. The Balaban J connectivity index is 1.55. The molecule has 0 unspecified atom stereocenters. The smallest absolute Gasteiger partial charge is 0.341 e. The SMILES string of the molecule is COC(=O)c1c(NC(=O)C(=O)NCCN2CCOCC2)sc2c1CCC2. The number of carbonyl (C=O) groups excluding carboxylic acids is 3. The molecule has 0 saturated carbocycles. The maximum atomic E-state index is 12.2. The number of morpholine rings is 1. The van der Waals surface area contributed by atoms with Crippen molar-refractivity contribution >= 4 is 34.1 Å². The van der Waals surface area contributed by atoms with Gasteiger partial charge in [0.05, 0.1) is 25.9 Å². The van der Waals surface area contributed by atoms with Crippen molar-refractivity contribution in [2.75, 3.05) is 51.8 Å². The van der Waals surface area contributed by atoms with Crippen LogP contribution in [0.2, 0.25) is 0 Å². The van der Waals surface area contributed by atoms with Gasteiger partial charge in [0, 0.05) is 31.1 Å². The van der Waals surface area contributed by atoms with Crippen LogP contribution in [0.15, 0.2) is 0 Å². The number of methoxy groups -OCH3 is 1. The van der Waals surface area contributed by atoms with Gasteiger partial charge in [-0.1, -0.05) is 0 Å². The molecule has 2 heterocycles. The molecular weight excluding hydrogens is 358 g/mol. The Kier molecular flexibility index (Phi) is 6.23. The third-order valence-electron chi connectivity index (χ3n) is 4.56. The average Bonchev–Trinajstić information content (AvgIpc) is 3.22. The first-order valence-electron chi connectivity index (χ1n) is 8.72. The molecule has 3 rings (SSSR count). The van der Waals surface area contributed by atoms with Gasteiger partial charge in [-0.25, -0.2) is 4.79 Å². The van der Waals surface area contributed by atoms with Gasteiger partial charge in [0.1, 0.15) is 5.00 Å². The molecule has 8 nitrogen and oxygen atoms in total. The largest absolute Gasteiger partial charge is 0.465 e. The van der Waals surface area contributed by atoms with Crippen LogP contribution in [0.1, 0.15) is 27.2 Å². The van der Waals surface area contributed by atoms with Crippen LogP contribution in [0.25, 0.3) is 0 Å². The van der Waals surface area contributed by atoms with Crippen LogP contribution in [0, 0.1) is 0 Å². The Morgan fingerprint density at radius 1 is 1.19 bits per heavy atom. The summed E-state index contributed by atoms with van der Waals surface area (Å²) in [5.41, 5.74) is 1.32. The van der Waals surface area contributed by atoms with Crippen molar-refractivity contribution < 1.29 is 23.9 Å². The van der Waals surface area contributed by atoms with E-state index in [-0.39, 0.29) is 0 Å². The highest BCUT2D eigenvalue weighted by Crippen LogP contribution is 2.39. The van der Waals surface area contributed by atoms with Crippen LogP contribution in [-0.4, -0.2) is 69.2 Å². The summed E-state index contributed by atoms with van der Waals surface area (Å²) in [6, 6.07) is 0. The quantitative estimate of drug-likeness (QED) is 0.566. The molecule has 1 aliphatic carbocycles. The fraction of sp³-hybridized carbons (Fsp3) is 0.588. The number of anilines is 1. The lowest BCUT2D eigenvalue weighted by atomic mass is 10.1. The molecule has 0 radical (unpaired) electrons. The number of fused-ring (bicyclic) bond motifs is 1. The Labute approximate surface area is 155 Å². The lowest BCUT2D eigenvalue weighted by Gasteiger charge is -2.26. The zero-order chi connectivity index (χ0) is 18.5. The van der Waals surface area contributed by atoms with Crippen LogP contribution in [0.4, 0.5) is 5.00 Å². The molecule has 1 fully saturated rings. The molecule has 0 atom stereocenters. The number of ether oxygens (including phenoxy) is 2. The summed E-state index contributed by atoms with van der Waals surface area (Å²) in [5.74, 6) is -1.95. The van der Waals surface area contributed by atoms with Crippen LogP contribution >= 0.6 is 11.3 Å². The minimum atomic E-state index is -0.767. The van der Waals surface area contributed by atoms with Gasteiger partial charge in [0.15, 0.2) is 0 Å². The first-order chi connectivity index (χ1) is 12.6. The number of nitrogens with zero attached hydrogens (tertiary/aromatic N) is 1. The Morgan fingerprint density at radius 2 is 1.96 bits per heavy atom. The average molecular weight is 381 g/mol. The predicted octanol–water partition coefficient (Wildman–Crippen LogP) is 0.410. The standard InChI is InChI=1S/C17H23N3O5S/c1-24-17(23)13-11-3-2-4-12(11)26-16(13)19-15(22)14(21)18-5-6-20-7-9-25-10-8-20/h2-10H2,1H3,(H,18,21)(H,19,22). The highest BCUT2D eigenvalue weighted by atomic mass is 32.1. The first-order valence-corrected chi connectivity index (χ1v) is 9.54. The minimum absolute atomic E-state index is 0.386. The lowest BCUT2D eigenvalue weighted by molar-refractivity contribution is -0.136. The maximum absolute atomic E-state index is 12.2. The van der Waals surface area contributed by atoms with Crippen molar-refractivity contribution in [1.82, 2.24) is 10.2 Å². The highest BCUT2D eigenvalue weighted by Gasteiger charge is 2.29. The summed E-state index contributed by atoms with van der Waals surface area (Å²) in [7, 11) is 1.31. The second-order valence-corrected chi connectivity index (χ2v) is 7.32. The Hall–Kier alpha value is -1.97. The number of nitrogens with one attached hydrogen (secondary N) is 2. The number of amides is 2. The normalized spacial score (nSPS) is 16.8. The van der Waals surface area contributed by atoms with E-state index in [0.717, 1.165) is 42.8 Å². The van der Waals surface area contributed by atoms with E-state index in [1.165, 1.54) is 18.4 Å². The molecule has 9 heteroatoms. The van der Waals surface area contributed by atoms with Crippen molar-refractivity contribution in [3.63, 3.8) is 0 Å². The fourth-order valence-electron chi connectivity index (χ4n) is 3.20. The van der Waals surface area contributed by atoms with Crippen molar-refractivity contribution in [3.05, 3.63) is 16.0 Å². The zero-order valence-corrected chi connectivity index (χ0v) is 15.6. The highest BCUT2D eigenvalue weighted by molar-refractivity contribution is 7.17. The summed E-state index contributed by atoms with van der Waals surface area (Å²) >= 11 is 1.35. The molecular formula is C17H23N3O5S. The van der Waals surface area contributed by atoms with E-state index in [1.807, 2.05) is 0 Å². The Bertz CT molecular complexity index is 697. The fourth-order valence-corrected chi connectivity index (χ4v) is 4.48. The molecule has 142 valence electrons.